The second kappa shape index (κ2) is 4.69. The molecule has 0 bridgehead atoms. The van der Waals surface area contributed by atoms with Crippen LogP contribution in [0.3, 0.4) is 0 Å². The highest BCUT2D eigenvalue weighted by Gasteiger charge is 2.20. The number of fused-ring (bicyclic) bond motifs is 1. The minimum Gasteiger partial charge on any atom is -0.465 e. The summed E-state index contributed by atoms with van der Waals surface area (Å²) in [7, 11) is 2.59. The standard InChI is InChI=1S/C11H10F2N2O3/c1-17-4-7-14-9-5(11(16)18-2)3-6(12)8(13)10(9)15-7/h3H,4H2,1-2H3,(H,14,15). The number of hydrogen-bond donors (Lipinski definition) is 1. The minimum absolute atomic E-state index is 0.0906. The van der Waals surface area contributed by atoms with Crippen LogP contribution >= 0.6 is 0 Å². The van der Waals surface area contributed by atoms with Gasteiger partial charge in [0.05, 0.1) is 18.2 Å². The van der Waals surface area contributed by atoms with Gasteiger partial charge in [-0.05, 0) is 6.07 Å². The molecule has 0 atom stereocenters. The molecule has 1 aromatic carbocycles. The molecule has 1 aromatic heterocycles. The maximum Gasteiger partial charge on any atom is 0.340 e. The summed E-state index contributed by atoms with van der Waals surface area (Å²) in [5.41, 5.74) is -0.267. The molecule has 0 unspecified atom stereocenters. The molecule has 2 aromatic rings. The number of imidazole rings is 1. The summed E-state index contributed by atoms with van der Waals surface area (Å²) < 4.78 is 36.2. The lowest BCUT2D eigenvalue weighted by Crippen LogP contribution is -2.04. The molecular formula is C11H10F2N2O3. The molecule has 0 radical (unpaired) electrons. The van der Waals surface area contributed by atoms with E-state index in [2.05, 4.69) is 14.7 Å². The number of esters is 1. The van der Waals surface area contributed by atoms with E-state index in [1.54, 1.807) is 0 Å². The number of methoxy groups -OCH3 is 2. The number of carbonyl (C=O) groups excluding carboxylic acids is 1. The first-order chi connectivity index (χ1) is 8.58. The van der Waals surface area contributed by atoms with Gasteiger partial charge in [0.15, 0.2) is 11.6 Å². The van der Waals surface area contributed by atoms with Crippen LogP contribution in [0.2, 0.25) is 0 Å². The maximum atomic E-state index is 13.5. The van der Waals surface area contributed by atoms with Crippen LogP contribution in [0.5, 0.6) is 0 Å². The van der Waals surface area contributed by atoms with Gasteiger partial charge < -0.3 is 14.5 Å². The monoisotopic (exact) mass is 256 g/mol. The number of hydrogen-bond acceptors (Lipinski definition) is 4. The van der Waals surface area contributed by atoms with E-state index in [0.717, 1.165) is 13.2 Å². The van der Waals surface area contributed by atoms with Gasteiger partial charge in [-0.25, -0.2) is 18.6 Å². The van der Waals surface area contributed by atoms with Gasteiger partial charge in [-0.3, -0.25) is 0 Å². The molecule has 0 spiro atoms. The van der Waals surface area contributed by atoms with Crippen LogP contribution < -0.4 is 0 Å². The lowest BCUT2D eigenvalue weighted by molar-refractivity contribution is 0.0602. The van der Waals surface area contributed by atoms with Gasteiger partial charge in [-0.2, -0.15) is 0 Å². The number of benzene rings is 1. The third kappa shape index (κ3) is 1.92. The Hall–Kier alpha value is -2.02. The number of H-pyrrole nitrogens is 1. The van der Waals surface area contributed by atoms with Crippen LogP contribution in [0.4, 0.5) is 8.78 Å². The largest absolute Gasteiger partial charge is 0.465 e. The zero-order chi connectivity index (χ0) is 13.3. The Balaban J connectivity index is 2.71. The summed E-state index contributed by atoms with van der Waals surface area (Å²) in [5.74, 6) is -2.75. The van der Waals surface area contributed by atoms with Crippen LogP contribution in [-0.4, -0.2) is 30.2 Å². The highest BCUT2D eigenvalue weighted by atomic mass is 19.2. The van der Waals surface area contributed by atoms with E-state index < -0.39 is 17.6 Å². The third-order valence-corrected chi connectivity index (χ3v) is 2.40. The lowest BCUT2D eigenvalue weighted by atomic mass is 10.1. The van der Waals surface area contributed by atoms with Gasteiger partial charge >= 0.3 is 5.97 Å². The summed E-state index contributed by atoms with van der Waals surface area (Å²) in [5, 5.41) is 0. The summed E-state index contributed by atoms with van der Waals surface area (Å²) in [6.07, 6.45) is 0. The number of halogens is 2. The molecule has 7 heteroatoms. The molecule has 2 rings (SSSR count). The zero-order valence-corrected chi connectivity index (χ0v) is 9.71. The van der Waals surface area contributed by atoms with Crippen molar-refractivity contribution < 1.29 is 23.0 Å². The van der Waals surface area contributed by atoms with Crippen LogP contribution in [0.15, 0.2) is 6.07 Å². The fourth-order valence-corrected chi connectivity index (χ4v) is 1.63. The predicted molar refractivity (Wildman–Crippen MR) is 58.1 cm³/mol. The Morgan fingerprint density at radius 3 is 2.78 bits per heavy atom. The van der Waals surface area contributed by atoms with Crippen molar-refractivity contribution in [3.8, 4) is 0 Å². The average molecular weight is 256 g/mol. The Morgan fingerprint density at radius 1 is 1.44 bits per heavy atom. The van der Waals surface area contributed by atoms with Gasteiger partial charge in [0, 0.05) is 7.11 Å². The van der Waals surface area contributed by atoms with E-state index in [9.17, 15) is 13.6 Å². The maximum absolute atomic E-state index is 13.5. The van der Waals surface area contributed by atoms with Crippen LogP contribution in [-0.2, 0) is 16.1 Å². The summed E-state index contributed by atoms with van der Waals surface area (Å²) >= 11 is 0. The number of ether oxygens (including phenoxy) is 2. The van der Waals surface area contributed by atoms with Crippen LogP contribution in [0.1, 0.15) is 16.2 Å². The molecule has 18 heavy (non-hydrogen) atoms. The Kier molecular flexibility index (Phi) is 3.24. The van der Waals surface area contributed by atoms with Crippen LogP contribution in [0, 0.1) is 11.6 Å². The fourth-order valence-electron chi connectivity index (χ4n) is 1.63. The van der Waals surface area contributed by atoms with Crippen molar-refractivity contribution in [3.05, 3.63) is 29.1 Å². The zero-order valence-electron chi connectivity index (χ0n) is 9.71. The van der Waals surface area contributed by atoms with Crippen molar-refractivity contribution >= 4 is 17.0 Å². The molecule has 0 saturated heterocycles. The second-order valence-electron chi connectivity index (χ2n) is 3.55. The van der Waals surface area contributed by atoms with Gasteiger partial charge in [0.25, 0.3) is 0 Å². The van der Waals surface area contributed by atoms with E-state index in [1.165, 1.54) is 7.11 Å². The molecular weight excluding hydrogens is 246 g/mol. The molecule has 0 saturated carbocycles. The van der Waals surface area contributed by atoms with Gasteiger partial charge in [0.1, 0.15) is 17.9 Å². The number of carbonyl (C=O) groups is 1. The number of aromatic nitrogens is 2. The molecule has 0 aliphatic heterocycles. The first-order valence-electron chi connectivity index (χ1n) is 5.02. The van der Waals surface area contributed by atoms with E-state index in [-0.39, 0.29) is 23.2 Å². The predicted octanol–water partition coefficient (Wildman–Crippen LogP) is 1.77. The smallest absolute Gasteiger partial charge is 0.340 e. The normalized spacial score (nSPS) is 10.9. The molecule has 0 aliphatic rings. The lowest BCUT2D eigenvalue weighted by Gasteiger charge is -2.01. The van der Waals surface area contributed by atoms with Crippen molar-refractivity contribution in [1.29, 1.82) is 0 Å². The summed E-state index contributed by atoms with van der Waals surface area (Å²) in [4.78, 5) is 18.0. The Labute approximate surface area is 101 Å². The van der Waals surface area contributed by atoms with E-state index in [0.29, 0.717) is 5.82 Å². The minimum atomic E-state index is -1.15. The second-order valence-corrected chi connectivity index (χ2v) is 3.55. The first-order valence-corrected chi connectivity index (χ1v) is 5.02. The molecule has 1 heterocycles. The van der Waals surface area contributed by atoms with Crippen molar-refractivity contribution in [2.45, 2.75) is 6.61 Å². The molecule has 0 amide bonds. The molecule has 0 fully saturated rings. The first kappa shape index (κ1) is 12.4. The number of aromatic amines is 1. The summed E-state index contributed by atoms with van der Waals surface area (Å²) in [6, 6.07) is 0.776. The molecule has 5 nitrogen and oxygen atoms in total. The Morgan fingerprint density at radius 2 is 2.17 bits per heavy atom. The fraction of sp³-hybridized carbons (Fsp3) is 0.273. The highest BCUT2D eigenvalue weighted by Crippen LogP contribution is 2.23. The molecule has 1 N–H and O–H groups in total. The third-order valence-electron chi connectivity index (χ3n) is 2.40. The SMILES string of the molecule is COCc1nc2c(F)c(F)cc(C(=O)OC)c2[nH]1. The van der Waals surface area contributed by atoms with E-state index >= 15 is 0 Å². The molecule has 96 valence electrons. The van der Waals surface area contributed by atoms with Gasteiger partial charge in [0.2, 0.25) is 0 Å². The average Bonchev–Trinajstić information content (AvgIpc) is 2.77. The Bertz CT molecular complexity index is 610. The van der Waals surface area contributed by atoms with E-state index in [4.69, 9.17) is 4.74 Å². The van der Waals surface area contributed by atoms with Gasteiger partial charge in [-0.15, -0.1) is 0 Å². The van der Waals surface area contributed by atoms with Crippen molar-refractivity contribution in [2.75, 3.05) is 14.2 Å². The van der Waals surface area contributed by atoms with E-state index in [1.807, 2.05) is 0 Å². The van der Waals surface area contributed by atoms with Crippen molar-refractivity contribution in [1.82, 2.24) is 9.97 Å². The van der Waals surface area contributed by atoms with Gasteiger partial charge in [-0.1, -0.05) is 0 Å². The van der Waals surface area contributed by atoms with Crippen molar-refractivity contribution in [2.24, 2.45) is 0 Å². The van der Waals surface area contributed by atoms with Crippen LogP contribution in [0.25, 0.3) is 11.0 Å². The summed E-state index contributed by atoms with van der Waals surface area (Å²) in [6.45, 7) is 0.0936. The number of nitrogens with one attached hydrogen (secondary N) is 1. The topological polar surface area (TPSA) is 64.2 Å². The number of rotatable bonds is 3. The quantitative estimate of drug-likeness (QED) is 0.850. The highest BCUT2D eigenvalue weighted by molar-refractivity contribution is 6.02. The van der Waals surface area contributed by atoms with Crippen molar-refractivity contribution in [3.63, 3.8) is 0 Å². The molecule has 0 aliphatic carbocycles. The number of nitrogens with zero attached hydrogens (tertiary/aromatic N) is 1.